The van der Waals surface area contributed by atoms with Crippen molar-refractivity contribution in [2.45, 2.75) is 13.8 Å². The molecule has 4 rings (SSSR count). The first-order valence-electron chi connectivity index (χ1n) is 10.1. The Bertz CT molecular complexity index is 734. The molecule has 0 amide bonds. The van der Waals surface area contributed by atoms with Crippen molar-refractivity contribution in [1.29, 1.82) is 0 Å². The van der Waals surface area contributed by atoms with Gasteiger partial charge in [-0.3, -0.25) is 0 Å². The Labute approximate surface area is 162 Å². The molecule has 0 radical (unpaired) electrons. The molecule has 6 nitrogen and oxygen atoms in total. The second-order valence-electron chi connectivity index (χ2n) is 7.40. The van der Waals surface area contributed by atoms with Crippen molar-refractivity contribution < 1.29 is 0 Å². The van der Waals surface area contributed by atoms with Crippen molar-refractivity contribution in [1.82, 2.24) is 14.9 Å². The second-order valence-corrected chi connectivity index (χ2v) is 7.40. The molecule has 0 atom stereocenters. The first-order chi connectivity index (χ1) is 13.2. The number of aromatic nitrogens is 2. The summed E-state index contributed by atoms with van der Waals surface area (Å²) in [5.74, 6) is 1.97. The summed E-state index contributed by atoms with van der Waals surface area (Å²) in [5, 5.41) is 0. The van der Waals surface area contributed by atoms with Gasteiger partial charge in [0.1, 0.15) is 5.82 Å². The summed E-state index contributed by atoms with van der Waals surface area (Å²) in [6.45, 7) is 13.7. The molecule has 2 aliphatic heterocycles. The summed E-state index contributed by atoms with van der Waals surface area (Å²) in [5.41, 5.74) is 2.36. The van der Waals surface area contributed by atoms with Gasteiger partial charge in [-0.2, -0.15) is 4.98 Å². The van der Waals surface area contributed by atoms with Gasteiger partial charge in [0.2, 0.25) is 5.95 Å². The molecule has 0 unspecified atom stereocenters. The topological polar surface area (TPSA) is 38.7 Å². The zero-order chi connectivity index (χ0) is 18.6. The number of aryl methyl sites for hydroxylation is 1. The number of hydrogen-bond donors (Lipinski definition) is 0. The fourth-order valence-electron chi connectivity index (χ4n) is 3.94. The number of hydrogen-bond acceptors (Lipinski definition) is 6. The quantitative estimate of drug-likeness (QED) is 0.826. The summed E-state index contributed by atoms with van der Waals surface area (Å²) < 4.78 is 0. The zero-order valence-electron chi connectivity index (χ0n) is 16.5. The minimum absolute atomic E-state index is 0.895. The van der Waals surface area contributed by atoms with Crippen LogP contribution < -0.4 is 14.7 Å². The summed E-state index contributed by atoms with van der Waals surface area (Å²) >= 11 is 0. The molecule has 0 spiro atoms. The maximum absolute atomic E-state index is 4.93. The average Bonchev–Trinajstić information content (AvgIpc) is 2.74. The van der Waals surface area contributed by atoms with Crippen LogP contribution in [0.4, 0.5) is 17.5 Å². The third-order valence-corrected chi connectivity index (χ3v) is 5.66. The monoisotopic (exact) mass is 366 g/mol. The van der Waals surface area contributed by atoms with Gasteiger partial charge in [0.15, 0.2) is 0 Å². The maximum atomic E-state index is 4.93. The van der Waals surface area contributed by atoms with Crippen molar-refractivity contribution in [3.63, 3.8) is 0 Å². The lowest BCUT2D eigenvalue weighted by Crippen LogP contribution is -2.48. The molecule has 2 fully saturated rings. The Morgan fingerprint density at radius 3 is 2.07 bits per heavy atom. The van der Waals surface area contributed by atoms with Crippen molar-refractivity contribution >= 4 is 17.5 Å². The molecule has 2 aliphatic rings. The van der Waals surface area contributed by atoms with Gasteiger partial charge in [-0.05, 0) is 25.6 Å². The number of para-hydroxylation sites is 1. The molecule has 27 heavy (non-hydrogen) atoms. The van der Waals surface area contributed by atoms with Gasteiger partial charge in [0, 0.05) is 69.8 Å². The minimum Gasteiger partial charge on any atom is -0.368 e. The number of nitrogens with zero attached hydrogens (tertiary/aromatic N) is 6. The van der Waals surface area contributed by atoms with Gasteiger partial charge in [-0.15, -0.1) is 0 Å². The number of benzene rings is 1. The fraction of sp³-hybridized carbons (Fsp3) is 0.524. The highest BCUT2D eigenvalue weighted by atomic mass is 15.3. The lowest BCUT2D eigenvalue weighted by Gasteiger charge is -2.37. The molecule has 0 aliphatic carbocycles. The van der Waals surface area contributed by atoms with Crippen LogP contribution in [-0.2, 0) is 0 Å². The third kappa shape index (κ3) is 4.16. The van der Waals surface area contributed by atoms with Crippen LogP contribution in [0.2, 0.25) is 0 Å². The van der Waals surface area contributed by atoms with E-state index in [1.165, 1.54) is 5.69 Å². The smallest absolute Gasteiger partial charge is 0.227 e. The first-order valence-corrected chi connectivity index (χ1v) is 10.1. The summed E-state index contributed by atoms with van der Waals surface area (Å²) in [4.78, 5) is 19.3. The van der Waals surface area contributed by atoms with E-state index in [4.69, 9.17) is 9.97 Å². The van der Waals surface area contributed by atoms with E-state index in [9.17, 15) is 0 Å². The van der Waals surface area contributed by atoms with Crippen LogP contribution in [-0.4, -0.2) is 73.8 Å². The molecule has 0 N–H and O–H groups in total. The van der Waals surface area contributed by atoms with Crippen LogP contribution in [0.1, 0.15) is 12.6 Å². The average molecular weight is 367 g/mol. The minimum atomic E-state index is 0.895. The van der Waals surface area contributed by atoms with Crippen LogP contribution in [0.3, 0.4) is 0 Å². The number of likely N-dealkylation sites (N-methyl/N-ethyl adjacent to an activating group) is 1. The lowest BCUT2D eigenvalue weighted by atomic mass is 10.2. The van der Waals surface area contributed by atoms with Gasteiger partial charge in [-0.1, -0.05) is 25.1 Å². The highest BCUT2D eigenvalue weighted by Crippen LogP contribution is 2.22. The molecule has 1 aromatic carbocycles. The Kier molecular flexibility index (Phi) is 5.43. The molecule has 1 aromatic heterocycles. The van der Waals surface area contributed by atoms with Crippen LogP contribution in [0.25, 0.3) is 0 Å². The van der Waals surface area contributed by atoms with E-state index in [0.29, 0.717) is 0 Å². The molecule has 144 valence electrons. The van der Waals surface area contributed by atoms with Gasteiger partial charge in [0.05, 0.1) is 0 Å². The molecule has 2 aromatic rings. The van der Waals surface area contributed by atoms with E-state index < -0.39 is 0 Å². The zero-order valence-corrected chi connectivity index (χ0v) is 16.5. The molecule has 0 bridgehead atoms. The maximum Gasteiger partial charge on any atom is 0.227 e. The van der Waals surface area contributed by atoms with E-state index in [-0.39, 0.29) is 0 Å². The molecular weight excluding hydrogens is 336 g/mol. The number of anilines is 3. The van der Waals surface area contributed by atoms with Crippen molar-refractivity contribution in [2.24, 2.45) is 0 Å². The van der Waals surface area contributed by atoms with Gasteiger partial charge in [-0.25, -0.2) is 4.98 Å². The van der Waals surface area contributed by atoms with Gasteiger partial charge < -0.3 is 19.6 Å². The largest absolute Gasteiger partial charge is 0.368 e. The Morgan fingerprint density at radius 2 is 1.41 bits per heavy atom. The van der Waals surface area contributed by atoms with Crippen LogP contribution >= 0.6 is 0 Å². The normalized spacial score (nSPS) is 18.8. The summed E-state index contributed by atoms with van der Waals surface area (Å²) in [6, 6.07) is 12.8. The van der Waals surface area contributed by atoms with E-state index in [0.717, 1.165) is 76.4 Å². The van der Waals surface area contributed by atoms with Crippen LogP contribution in [0, 0.1) is 6.92 Å². The predicted molar refractivity (Wildman–Crippen MR) is 112 cm³/mol. The van der Waals surface area contributed by atoms with Crippen LogP contribution in [0.5, 0.6) is 0 Å². The molecule has 3 heterocycles. The van der Waals surface area contributed by atoms with Gasteiger partial charge in [0.25, 0.3) is 0 Å². The molecule has 6 heteroatoms. The highest BCUT2D eigenvalue weighted by molar-refractivity contribution is 5.51. The van der Waals surface area contributed by atoms with Crippen molar-refractivity contribution in [3.05, 3.63) is 42.1 Å². The van der Waals surface area contributed by atoms with Crippen LogP contribution in [0.15, 0.2) is 36.4 Å². The predicted octanol–water partition coefficient (Wildman–Crippen LogP) is 2.25. The van der Waals surface area contributed by atoms with E-state index in [1.54, 1.807) is 0 Å². The Balaban J connectivity index is 1.43. The standard InChI is InChI=1S/C21H30N6/c1-3-24-9-11-27(12-10-24)21-22-18(2)17-20(23-21)26-15-13-25(14-16-26)19-7-5-4-6-8-19/h4-8,17H,3,9-16H2,1-2H3. The summed E-state index contributed by atoms with van der Waals surface area (Å²) in [6.07, 6.45) is 0. The number of rotatable bonds is 4. The fourth-order valence-corrected chi connectivity index (χ4v) is 3.94. The summed E-state index contributed by atoms with van der Waals surface area (Å²) in [7, 11) is 0. The SMILES string of the molecule is CCN1CCN(c2nc(C)cc(N3CCN(c4ccccc4)CC3)n2)CC1. The molecule has 0 saturated carbocycles. The molecular formula is C21H30N6. The van der Waals surface area contributed by atoms with E-state index in [1.807, 2.05) is 0 Å². The van der Waals surface area contributed by atoms with E-state index >= 15 is 0 Å². The van der Waals surface area contributed by atoms with Gasteiger partial charge >= 0.3 is 0 Å². The van der Waals surface area contributed by atoms with Crippen molar-refractivity contribution in [2.75, 3.05) is 73.6 Å². The number of piperazine rings is 2. The lowest BCUT2D eigenvalue weighted by molar-refractivity contribution is 0.270. The third-order valence-electron chi connectivity index (χ3n) is 5.66. The Hall–Kier alpha value is -2.34. The van der Waals surface area contributed by atoms with Crippen molar-refractivity contribution in [3.8, 4) is 0 Å². The second kappa shape index (κ2) is 8.13. The molecule has 2 saturated heterocycles. The first kappa shape index (κ1) is 18.0. The Morgan fingerprint density at radius 1 is 0.778 bits per heavy atom. The highest BCUT2D eigenvalue weighted by Gasteiger charge is 2.22. The van der Waals surface area contributed by atoms with E-state index in [2.05, 4.69) is 69.8 Å².